The zero-order valence-corrected chi connectivity index (χ0v) is 17.5. The Morgan fingerprint density at radius 2 is 1.72 bits per heavy atom. The third-order valence-electron chi connectivity index (χ3n) is 3.89. The number of halogens is 2. The minimum atomic E-state index is -0.548. The molecule has 2 rings (SSSR count). The first-order valence-electron chi connectivity index (χ1n) is 8.68. The van der Waals surface area contributed by atoms with E-state index in [0.29, 0.717) is 40.1 Å². The number of hydrogen-bond acceptors (Lipinski definition) is 5. The van der Waals surface area contributed by atoms with Crippen LogP contribution < -0.4 is 20.2 Å². The molecule has 0 aliphatic rings. The molecule has 9 heteroatoms. The topological polar surface area (TPSA) is 89.0 Å². The quantitative estimate of drug-likeness (QED) is 0.358. The van der Waals surface area contributed by atoms with Gasteiger partial charge in [-0.15, -0.1) is 0 Å². The molecular formula is C20H21Cl2N3O4. The van der Waals surface area contributed by atoms with Crippen molar-refractivity contribution in [3.63, 3.8) is 0 Å². The third-order valence-corrected chi connectivity index (χ3v) is 4.55. The number of benzene rings is 2. The largest absolute Gasteiger partial charge is 0.493 e. The van der Waals surface area contributed by atoms with Gasteiger partial charge in [0.25, 0.3) is 0 Å². The van der Waals surface area contributed by atoms with Crippen LogP contribution in [-0.2, 0) is 16.0 Å². The van der Waals surface area contributed by atoms with Crippen molar-refractivity contribution < 1.29 is 19.1 Å². The van der Waals surface area contributed by atoms with E-state index in [0.717, 1.165) is 5.56 Å². The fourth-order valence-corrected chi connectivity index (χ4v) is 2.93. The minimum Gasteiger partial charge on any atom is -0.493 e. The number of nitrogens with one attached hydrogen (secondary N) is 2. The number of methoxy groups -OCH3 is 2. The fourth-order valence-electron chi connectivity index (χ4n) is 2.43. The predicted molar refractivity (Wildman–Crippen MR) is 113 cm³/mol. The maximum atomic E-state index is 11.9. The lowest BCUT2D eigenvalue weighted by Crippen LogP contribution is -2.31. The number of rotatable bonds is 9. The van der Waals surface area contributed by atoms with Crippen molar-refractivity contribution in [2.24, 2.45) is 5.10 Å². The third kappa shape index (κ3) is 6.96. The average Bonchev–Trinajstić information content (AvgIpc) is 2.70. The van der Waals surface area contributed by atoms with Crippen LogP contribution in [0.15, 0.2) is 41.5 Å². The van der Waals surface area contributed by atoms with Gasteiger partial charge < -0.3 is 14.8 Å². The van der Waals surface area contributed by atoms with Gasteiger partial charge in [0.05, 0.1) is 30.5 Å². The summed E-state index contributed by atoms with van der Waals surface area (Å²) in [5.74, 6) is 0.296. The van der Waals surface area contributed by atoms with Gasteiger partial charge in [-0.1, -0.05) is 35.3 Å². The molecule has 0 aliphatic carbocycles. The van der Waals surface area contributed by atoms with Crippen molar-refractivity contribution in [2.45, 2.75) is 12.8 Å². The molecule has 0 radical (unpaired) electrons. The zero-order valence-electron chi connectivity index (χ0n) is 16.0. The molecule has 0 saturated heterocycles. The molecule has 29 heavy (non-hydrogen) atoms. The van der Waals surface area contributed by atoms with Crippen LogP contribution in [0.3, 0.4) is 0 Å². The van der Waals surface area contributed by atoms with Gasteiger partial charge in [0, 0.05) is 12.1 Å². The highest BCUT2D eigenvalue weighted by molar-refractivity contribution is 6.38. The van der Waals surface area contributed by atoms with E-state index in [-0.39, 0.29) is 6.42 Å². The molecule has 7 nitrogen and oxygen atoms in total. The van der Waals surface area contributed by atoms with Gasteiger partial charge in [-0.25, -0.2) is 5.43 Å². The first-order chi connectivity index (χ1) is 13.9. The Bertz CT molecular complexity index is 883. The number of hydrogen-bond donors (Lipinski definition) is 2. The lowest BCUT2D eigenvalue weighted by atomic mass is 10.1. The first-order valence-corrected chi connectivity index (χ1v) is 9.43. The number of ether oxygens (including phenoxy) is 2. The summed E-state index contributed by atoms with van der Waals surface area (Å²) in [6.45, 7) is 0.375. The summed E-state index contributed by atoms with van der Waals surface area (Å²) in [5, 5.41) is 7.28. The Labute approximate surface area is 179 Å². The summed E-state index contributed by atoms with van der Waals surface area (Å²) in [7, 11) is 3.13. The molecule has 0 bridgehead atoms. The molecular weight excluding hydrogens is 417 g/mol. The SMILES string of the molecule is COc1ccc(CCNC(=O)CC(=O)N/N=C\c2c(Cl)cccc2Cl)cc1OC. The molecule has 2 aromatic carbocycles. The van der Waals surface area contributed by atoms with Crippen molar-refractivity contribution in [1.29, 1.82) is 0 Å². The molecule has 2 aromatic rings. The van der Waals surface area contributed by atoms with Crippen LogP contribution in [0.4, 0.5) is 0 Å². The molecule has 0 heterocycles. The summed E-state index contributed by atoms with van der Waals surface area (Å²) in [6, 6.07) is 10.5. The van der Waals surface area contributed by atoms with Crippen LogP contribution in [0, 0.1) is 0 Å². The van der Waals surface area contributed by atoms with Crippen LogP contribution in [0.5, 0.6) is 11.5 Å². The Morgan fingerprint density at radius 3 is 2.38 bits per heavy atom. The molecule has 0 spiro atoms. The van der Waals surface area contributed by atoms with Gasteiger partial charge in [-0.3, -0.25) is 9.59 Å². The van der Waals surface area contributed by atoms with E-state index in [1.807, 2.05) is 12.1 Å². The summed E-state index contributed by atoms with van der Waals surface area (Å²) in [6.07, 6.45) is 1.56. The Balaban J connectivity index is 1.76. The smallest absolute Gasteiger partial charge is 0.249 e. The van der Waals surface area contributed by atoms with E-state index in [2.05, 4.69) is 15.8 Å². The maximum absolute atomic E-state index is 11.9. The first kappa shape index (κ1) is 22.5. The molecule has 0 unspecified atom stereocenters. The van der Waals surface area contributed by atoms with Gasteiger partial charge >= 0.3 is 0 Å². The Kier molecular flexibility index (Phi) is 8.76. The highest BCUT2D eigenvalue weighted by Crippen LogP contribution is 2.27. The normalized spacial score (nSPS) is 10.6. The molecule has 0 aliphatic heterocycles. The molecule has 0 fully saturated rings. The lowest BCUT2D eigenvalue weighted by molar-refractivity contribution is -0.129. The highest BCUT2D eigenvalue weighted by Gasteiger charge is 2.09. The molecule has 0 atom stereocenters. The number of carbonyl (C=O) groups is 2. The van der Waals surface area contributed by atoms with E-state index < -0.39 is 11.8 Å². The second-order valence-corrected chi connectivity index (χ2v) is 6.71. The summed E-state index contributed by atoms with van der Waals surface area (Å²) in [5.41, 5.74) is 3.72. The number of hydrazone groups is 1. The van der Waals surface area contributed by atoms with E-state index in [9.17, 15) is 9.59 Å². The molecule has 2 N–H and O–H groups in total. The van der Waals surface area contributed by atoms with Crippen LogP contribution >= 0.6 is 23.2 Å². The van der Waals surface area contributed by atoms with E-state index in [1.54, 1.807) is 38.5 Å². The maximum Gasteiger partial charge on any atom is 0.249 e. The van der Waals surface area contributed by atoms with E-state index in [4.69, 9.17) is 32.7 Å². The Morgan fingerprint density at radius 1 is 1.03 bits per heavy atom. The van der Waals surface area contributed by atoms with Crippen LogP contribution in [-0.4, -0.2) is 38.8 Å². The minimum absolute atomic E-state index is 0.348. The van der Waals surface area contributed by atoms with Gasteiger partial charge in [0.2, 0.25) is 11.8 Å². The summed E-state index contributed by atoms with van der Waals surface area (Å²) < 4.78 is 10.4. The second kappa shape index (κ2) is 11.3. The monoisotopic (exact) mass is 437 g/mol. The number of carbonyl (C=O) groups excluding carboxylic acids is 2. The standard InChI is InChI=1S/C20H21Cl2N3O4/c1-28-17-7-6-13(10-18(17)29-2)8-9-23-19(26)11-20(27)25-24-12-14-15(21)4-3-5-16(14)22/h3-7,10,12H,8-9,11H2,1-2H3,(H,23,26)(H,25,27)/b24-12-. The van der Waals surface area contributed by atoms with Gasteiger partial charge in [0.1, 0.15) is 6.42 Å². The number of amides is 2. The highest BCUT2D eigenvalue weighted by atomic mass is 35.5. The molecule has 0 aromatic heterocycles. The van der Waals surface area contributed by atoms with Crippen LogP contribution in [0.1, 0.15) is 17.5 Å². The van der Waals surface area contributed by atoms with Gasteiger partial charge in [-0.2, -0.15) is 5.10 Å². The average molecular weight is 438 g/mol. The van der Waals surface area contributed by atoms with E-state index >= 15 is 0 Å². The second-order valence-electron chi connectivity index (χ2n) is 5.89. The summed E-state index contributed by atoms with van der Waals surface area (Å²) >= 11 is 12.0. The van der Waals surface area contributed by atoms with Crippen molar-refractivity contribution in [3.05, 3.63) is 57.6 Å². The van der Waals surface area contributed by atoms with E-state index in [1.165, 1.54) is 6.21 Å². The number of nitrogens with zero attached hydrogens (tertiary/aromatic N) is 1. The van der Waals surface area contributed by atoms with Crippen molar-refractivity contribution in [3.8, 4) is 11.5 Å². The zero-order chi connectivity index (χ0) is 21.2. The lowest BCUT2D eigenvalue weighted by Gasteiger charge is -2.10. The summed E-state index contributed by atoms with van der Waals surface area (Å²) in [4.78, 5) is 23.7. The fraction of sp³-hybridized carbons (Fsp3) is 0.250. The molecule has 154 valence electrons. The van der Waals surface area contributed by atoms with Crippen LogP contribution in [0.2, 0.25) is 10.0 Å². The molecule has 2 amide bonds. The van der Waals surface area contributed by atoms with Crippen molar-refractivity contribution in [2.75, 3.05) is 20.8 Å². The Hall–Kier alpha value is -2.77. The van der Waals surface area contributed by atoms with Crippen LogP contribution in [0.25, 0.3) is 0 Å². The van der Waals surface area contributed by atoms with Crippen molar-refractivity contribution in [1.82, 2.24) is 10.7 Å². The predicted octanol–water partition coefficient (Wildman–Crippen LogP) is 3.21. The van der Waals surface area contributed by atoms with Crippen molar-refractivity contribution >= 4 is 41.2 Å². The van der Waals surface area contributed by atoms with Gasteiger partial charge in [0.15, 0.2) is 11.5 Å². The molecule has 0 saturated carbocycles. The van der Waals surface area contributed by atoms with Gasteiger partial charge in [-0.05, 0) is 36.2 Å².